The maximum absolute atomic E-state index is 13.1. The number of benzene rings is 2. The number of carbonyl (C=O) groups excluding carboxylic acids is 1. The zero-order valence-corrected chi connectivity index (χ0v) is 16.2. The lowest BCUT2D eigenvalue weighted by Gasteiger charge is -2.36. The monoisotopic (exact) mass is 350 g/mol. The molecule has 1 heterocycles. The van der Waals surface area contributed by atoms with Crippen LogP contribution in [0.2, 0.25) is 0 Å². The van der Waals surface area contributed by atoms with Crippen molar-refractivity contribution in [1.82, 2.24) is 9.80 Å². The van der Waals surface area contributed by atoms with Crippen molar-refractivity contribution in [2.75, 3.05) is 27.2 Å². The molecule has 0 aromatic heterocycles. The summed E-state index contributed by atoms with van der Waals surface area (Å²) in [5, 5.41) is 0. The highest BCUT2D eigenvalue weighted by Gasteiger charge is 2.27. The first-order chi connectivity index (χ1) is 12.6. The topological polar surface area (TPSA) is 23.6 Å². The summed E-state index contributed by atoms with van der Waals surface area (Å²) >= 11 is 0. The van der Waals surface area contributed by atoms with E-state index in [-0.39, 0.29) is 11.8 Å². The van der Waals surface area contributed by atoms with Gasteiger partial charge >= 0.3 is 0 Å². The third kappa shape index (κ3) is 4.34. The predicted molar refractivity (Wildman–Crippen MR) is 107 cm³/mol. The van der Waals surface area contributed by atoms with Gasteiger partial charge in [-0.3, -0.25) is 4.79 Å². The van der Waals surface area contributed by atoms with E-state index in [1.54, 1.807) is 0 Å². The number of amides is 1. The van der Waals surface area contributed by atoms with Crippen LogP contribution < -0.4 is 0 Å². The fourth-order valence-electron chi connectivity index (χ4n) is 3.97. The first-order valence-electron chi connectivity index (χ1n) is 9.61. The first-order valence-corrected chi connectivity index (χ1v) is 9.61. The summed E-state index contributed by atoms with van der Waals surface area (Å²) in [6.45, 7) is 4.28. The summed E-state index contributed by atoms with van der Waals surface area (Å²) in [4.78, 5) is 17.4. The third-order valence-electron chi connectivity index (χ3n) is 5.77. The van der Waals surface area contributed by atoms with Crippen LogP contribution >= 0.6 is 0 Å². The molecule has 0 bridgehead atoms. The van der Waals surface area contributed by atoms with Gasteiger partial charge in [0.05, 0.1) is 0 Å². The maximum Gasteiger partial charge on any atom is 0.223 e. The number of nitrogens with zero attached hydrogens (tertiary/aromatic N) is 2. The van der Waals surface area contributed by atoms with Crippen LogP contribution in [-0.4, -0.2) is 48.9 Å². The maximum atomic E-state index is 13.1. The van der Waals surface area contributed by atoms with Gasteiger partial charge in [-0.1, -0.05) is 54.6 Å². The molecule has 0 saturated carbocycles. The quantitative estimate of drug-likeness (QED) is 0.811. The highest BCUT2D eigenvalue weighted by atomic mass is 16.2. The SMILES string of the molecule is Cc1ccccc1C(CC(=O)N(C)C1CCN(C)CC1)c1ccccc1. The molecule has 0 spiro atoms. The largest absolute Gasteiger partial charge is 0.343 e. The summed E-state index contributed by atoms with van der Waals surface area (Å²) in [6, 6.07) is 19.2. The molecule has 1 unspecified atom stereocenters. The average molecular weight is 351 g/mol. The minimum Gasteiger partial charge on any atom is -0.343 e. The van der Waals surface area contributed by atoms with Crippen molar-refractivity contribution in [3.05, 3.63) is 71.3 Å². The lowest BCUT2D eigenvalue weighted by atomic mass is 9.85. The van der Waals surface area contributed by atoms with Crippen LogP contribution in [-0.2, 0) is 4.79 Å². The number of likely N-dealkylation sites (tertiary alicyclic amines) is 1. The van der Waals surface area contributed by atoms with E-state index in [0.29, 0.717) is 12.5 Å². The molecule has 3 rings (SSSR count). The lowest BCUT2D eigenvalue weighted by Crippen LogP contribution is -2.44. The van der Waals surface area contributed by atoms with Gasteiger partial charge in [0.15, 0.2) is 0 Å². The van der Waals surface area contributed by atoms with Crippen molar-refractivity contribution < 1.29 is 4.79 Å². The molecule has 1 aliphatic heterocycles. The summed E-state index contributed by atoms with van der Waals surface area (Å²) in [7, 11) is 4.14. The van der Waals surface area contributed by atoms with Gasteiger partial charge in [0.2, 0.25) is 5.91 Å². The average Bonchev–Trinajstić information content (AvgIpc) is 2.67. The van der Waals surface area contributed by atoms with Crippen LogP contribution in [0.3, 0.4) is 0 Å². The lowest BCUT2D eigenvalue weighted by molar-refractivity contribution is -0.133. The van der Waals surface area contributed by atoms with Crippen LogP contribution in [0.5, 0.6) is 0 Å². The smallest absolute Gasteiger partial charge is 0.223 e. The van der Waals surface area contributed by atoms with Crippen molar-refractivity contribution in [1.29, 1.82) is 0 Å². The molecule has 1 atom stereocenters. The van der Waals surface area contributed by atoms with E-state index in [4.69, 9.17) is 0 Å². The molecule has 0 N–H and O–H groups in total. The molecule has 1 amide bonds. The standard InChI is InChI=1S/C23H30N2O/c1-18-9-7-8-12-21(18)22(19-10-5-4-6-11-19)17-23(26)25(3)20-13-15-24(2)16-14-20/h4-12,20,22H,13-17H2,1-3H3. The Kier molecular flexibility index (Phi) is 6.10. The Labute approximate surface area is 157 Å². The van der Waals surface area contributed by atoms with Gasteiger partial charge in [-0.05, 0) is 56.6 Å². The van der Waals surface area contributed by atoms with Crippen LogP contribution in [0.25, 0.3) is 0 Å². The van der Waals surface area contributed by atoms with Crippen molar-refractivity contribution in [3.8, 4) is 0 Å². The number of hydrogen-bond acceptors (Lipinski definition) is 2. The van der Waals surface area contributed by atoms with Crippen molar-refractivity contribution in [2.45, 2.75) is 38.1 Å². The Morgan fingerprint density at radius 3 is 2.35 bits per heavy atom. The third-order valence-corrected chi connectivity index (χ3v) is 5.77. The molecular formula is C23H30N2O. The van der Waals surface area contributed by atoms with Crippen molar-refractivity contribution in [3.63, 3.8) is 0 Å². The second kappa shape index (κ2) is 8.50. The predicted octanol–water partition coefficient (Wildman–Crippen LogP) is 4.07. The summed E-state index contributed by atoms with van der Waals surface area (Å²) in [5.74, 6) is 0.357. The minimum absolute atomic E-state index is 0.110. The second-order valence-electron chi connectivity index (χ2n) is 7.56. The van der Waals surface area contributed by atoms with Gasteiger partial charge in [0.25, 0.3) is 0 Å². The summed E-state index contributed by atoms with van der Waals surface area (Å²) in [5.41, 5.74) is 3.71. The van der Waals surface area contributed by atoms with E-state index < -0.39 is 0 Å². The Balaban J connectivity index is 1.80. The molecule has 26 heavy (non-hydrogen) atoms. The van der Waals surface area contributed by atoms with Gasteiger partial charge in [-0.2, -0.15) is 0 Å². The molecule has 3 heteroatoms. The van der Waals surface area contributed by atoms with E-state index >= 15 is 0 Å². The van der Waals surface area contributed by atoms with Crippen LogP contribution in [0.15, 0.2) is 54.6 Å². The number of hydrogen-bond donors (Lipinski definition) is 0. The van der Waals surface area contributed by atoms with Crippen LogP contribution in [0.4, 0.5) is 0 Å². The van der Waals surface area contributed by atoms with Crippen molar-refractivity contribution >= 4 is 5.91 Å². The van der Waals surface area contributed by atoms with E-state index in [2.05, 4.69) is 67.4 Å². The highest BCUT2D eigenvalue weighted by Crippen LogP contribution is 2.31. The van der Waals surface area contributed by atoms with Crippen molar-refractivity contribution in [2.24, 2.45) is 0 Å². The van der Waals surface area contributed by atoms with E-state index in [1.165, 1.54) is 16.7 Å². The van der Waals surface area contributed by atoms with Gasteiger partial charge in [-0.15, -0.1) is 0 Å². The zero-order valence-electron chi connectivity index (χ0n) is 16.2. The van der Waals surface area contributed by atoms with Gasteiger partial charge < -0.3 is 9.80 Å². The van der Waals surface area contributed by atoms with Gasteiger partial charge in [-0.25, -0.2) is 0 Å². The second-order valence-corrected chi connectivity index (χ2v) is 7.56. The Morgan fingerprint density at radius 1 is 1.08 bits per heavy atom. The molecule has 3 nitrogen and oxygen atoms in total. The molecule has 2 aromatic carbocycles. The molecule has 0 aliphatic carbocycles. The van der Waals surface area contributed by atoms with Crippen LogP contribution in [0, 0.1) is 6.92 Å². The van der Waals surface area contributed by atoms with Gasteiger partial charge in [0, 0.05) is 25.4 Å². The molecule has 0 radical (unpaired) electrons. The Bertz CT molecular complexity index is 720. The number of rotatable bonds is 5. The molecule has 2 aromatic rings. The normalized spacial score (nSPS) is 17.0. The minimum atomic E-state index is 0.110. The number of carbonyl (C=O) groups is 1. The molecule has 138 valence electrons. The summed E-state index contributed by atoms with van der Waals surface area (Å²) < 4.78 is 0. The fraction of sp³-hybridized carbons (Fsp3) is 0.435. The molecule has 1 fully saturated rings. The molecule has 1 aliphatic rings. The number of aryl methyl sites for hydroxylation is 1. The molecular weight excluding hydrogens is 320 g/mol. The summed E-state index contributed by atoms with van der Waals surface area (Å²) in [6.07, 6.45) is 2.66. The zero-order chi connectivity index (χ0) is 18.5. The first kappa shape index (κ1) is 18.7. The molecule has 1 saturated heterocycles. The fourth-order valence-corrected chi connectivity index (χ4v) is 3.97. The van der Waals surface area contributed by atoms with E-state index in [9.17, 15) is 4.79 Å². The van der Waals surface area contributed by atoms with Crippen LogP contribution in [0.1, 0.15) is 41.9 Å². The number of piperidine rings is 1. The Morgan fingerprint density at radius 2 is 1.69 bits per heavy atom. The van der Waals surface area contributed by atoms with Gasteiger partial charge in [0.1, 0.15) is 0 Å². The Hall–Kier alpha value is -2.13. The highest BCUT2D eigenvalue weighted by molar-refractivity contribution is 5.78. The van der Waals surface area contributed by atoms with E-state index in [0.717, 1.165) is 25.9 Å². The van der Waals surface area contributed by atoms with E-state index in [1.807, 2.05) is 18.0 Å².